The van der Waals surface area contributed by atoms with Crippen molar-refractivity contribution in [1.82, 2.24) is 49.3 Å². The van der Waals surface area contributed by atoms with Crippen molar-refractivity contribution >= 4 is 69.9 Å². The predicted molar refractivity (Wildman–Crippen MR) is 226 cm³/mol. The van der Waals surface area contributed by atoms with Gasteiger partial charge in [-0.25, -0.2) is 14.4 Å². The zero-order valence-electron chi connectivity index (χ0n) is 35.7. The number of hydrogen-bond donors (Lipinski definition) is 2. The van der Waals surface area contributed by atoms with E-state index in [1.54, 1.807) is 17.1 Å². The number of carbonyl (C=O) groups is 2. The predicted octanol–water partition coefficient (Wildman–Crippen LogP) is 5.19. The summed E-state index contributed by atoms with van der Waals surface area (Å²) in [5.41, 5.74) is -0.217. The van der Waals surface area contributed by atoms with Crippen LogP contribution in [0.3, 0.4) is 0 Å². The van der Waals surface area contributed by atoms with Gasteiger partial charge in [0.05, 0.1) is 48.5 Å². The zero-order chi connectivity index (χ0) is 43.6. The Hall–Kier alpha value is -5.21. The average Bonchev–Trinajstić information content (AvgIpc) is 3.87. The van der Waals surface area contributed by atoms with Crippen LogP contribution in [0.15, 0.2) is 37.2 Å². The van der Waals surface area contributed by atoms with E-state index in [4.69, 9.17) is 33.7 Å². The lowest BCUT2D eigenvalue weighted by Crippen LogP contribution is -2.37. The molecule has 2 N–H and O–H groups in total. The van der Waals surface area contributed by atoms with Gasteiger partial charge in [0, 0.05) is 106 Å². The minimum atomic E-state index is -2.36. The van der Waals surface area contributed by atoms with Crippen LogP contribution in [0.2, 0.25) is 10.0 Å². The molecule has 2 amide bonds. The lowest BCUT2D eigenvalue weighted by atomic mass is 9.83. The Kier molecular flexibility index (Phi) is 10.2. The van der Waals surface area contributed by atoms with Crippen LogP contribution < -0.4 is 20.4 Å². The van der Waals surface area contributed by atoms with Gasteiger partial charge in [-0.05, 0) is 13.3 Å². The fraction of sp³-hybridized carbons (Fsp3) is 0.550. The number of terminal acetylenes is 1. The van der Waals surface area contributed by atoms with Gasteiger partial charge >= 0.3 is 0 Å². The summed E-state index contributed by atoms with van der Waals surface area (Å²) in [5.74, 6) is 4.52. The lowest BCUT2D eigenvalue weighted by Gasteiger charge is -2.26. The summed E-state index contributed by atoms with van der Waals surface area (Å²) in [6.07, 6.45) is 15.2. The molecule has 1 unspecified atom stereocenters. The van der Waals surface area contributed by atoms with Gasteiger partial charge < -0.3 is 30.2 Å². The molecule has 0 spiro atoms. The van der Waals surface area contributed by atoms with Gasteiger partial charge in [0.15, 0.2) is 11.6 Å². The Morgan fingerprint density at radius 2 is 1.34 bits per heavy atom. The molecular formula is C40H51Cl2FN14O2. The number of hydrogen-bond acceptors (Lipinski definition) is 12. The van der Waals surface area contributed by atoms with Crippen molar-refractivity contribution in [2.75, 3.05) is 72.8 Å². The number of amides is 2. The number of anilines is 6. The van der Waals surface area contributed by atoms with E-state index in [9.17, 15) is 14.0 Å². The van der Waals surface area contributed by atoms with E-state index in [1.807, 2.05) is 23.0 Å². The quantitative estimate of drug-likeness (QED) is 0.224. The number of fused-ring (bicyclic) bond motifs is 2. The summed E-state index contributed by atoms with van der Waals surface area (Å²) in [6.45, 7) is 9.03. The van der Waals surface area contributed by atoms with Gasteiger partial charge in [0.1, 0.15) is 15.7 Å². The molecule has 1 aliphatic carbocycles. The first-order valence-electron chi connectivity index (χ1n) is 20.6. The molecule has 8 heterocycles. The first kappa shape index (κ1) is 38.0. The molecule has 314 valence electrons. The monoisotopic (exact) mass is 851 g/mol. The highest BCUT2D eigenvalue weighted by Gasteiger charge is 2.60. The number of nitrogens with one attached hydrogen (secondary N) is 2. The Balaban J connectivity index is 0.000000184. The van der Waals surface area contributed by atoms with E-state index in [0.29, 0.717) is 84.9 Å². The molecule has 5 fully saturated rings. The molecule has 4 aromatic rings. The molecule has 4 aromatic heterocycles. The maximum Gasteiger partial charge on any atom is 0.234 e. The van der Waals surface area contributed by atoms with Crippen LogP contribution in [0.25, 0.3) is 0 Å². The smallest absolute Gasteiger partial charge is 0.234 e. The van der Waals surface area contributed by atoms with Crippen LogP contribution in [0.1, 0.15) is 45.2 Å². The van der Waals surface area contributed by atoms with Crippen molar-refractivity contribution in [3.8, 4) is 12.3 Å². The topological polar surface area (TPSA) is 158 Å². The van der Waals surface area contributed by atoms with Crippen molar-refractivity contribution in [3.63, 3.8) is 0 Å². The normalized spacial score (nSPS) is 28.6. The van der Waals surface area contributed by atoms with E-state index >= 15 is 0 Å². The molecule has 4 saturated heterocycles. The summed E-state index contributed by atoms with van der Waals surface area (Å²) >= 11 is 12.8. The minimum absolute atomic E-state index is 0. The minimum Gasteiger partial charge on any atom is -0.354 e. The van der Waals surface area contributed by atoms with E-state index in [0.717, 1.165) is 23.5 Å². The van der Waals surface area contributed by atoms with Crippen molar-refractivity contribution < 1.29 is 18.1 Å². The number of alkyl halides is 1. The first-order chi connectivity index (χ1) is 28.7. The second-order valence-corrected chi connectivity index (χ2v) is 17.7. The van der Waals surface area contributed by atoms with Gasteiger partial charge in [-0.1, -0.05) is 50.4 Å². The van der Waals surface area contributed by atoms with Gasteiger partial charge in [-0.3, -0.25) is 19.0 Å². The fourth-order valence-corrected chi connectivity index (χ4v) is 9.30. The third kappa shape index (κ3) is 8.47. The highest BCUT2D eigenvalue weighted by Crippen LogP contribution is 2.51. The Labute approximate surface area is 358 Å². The van der Waals surface area contributed by atoms with Crippen LogP contribution in [0.4, 0.5) is 39.3 Å². The summed E-state index contributed by atoms with van der Waals surface area (Å²) in [5, 5.41) is 15.0. The largest absolute Gasteiger partial charge is 0.354 e. The number of halogens is 3. The van der Waals surface area contributed by atoms with E-state index in [1.165, 1.54) is 25.5 Å². The molecular weight excluding hydrogens is 798 g/mol. The molecule has 19 heteroatoms. The third-order valence-electron chi connectivity index (χ3n) is 12.2. The van der Waals surface area contributed by atoms with Crippen LogP contribution >= 0.6 is 23.2 Å². The first-order valence-corrected chi connectivity index (χ1v) is 19.8. The second-order valence-electron chi connectivity index (χ2n) is 16.9. The number of carbonyl (C=O) groups excluding carboxylic acids is 2. The summed E-state index contributed by atoms with van der Waals surface area (Å²) in [7, 11) is 1.84. The fourth-order valence-electron chi connectivity index (χ4n) is 8.88. The van der Waals surface area contributed by atoms with Crippen LogP contribution in [0, 0.1) is 40.9 Å². The second kappa shape index (κ2) is 15.8. The lowest BCUT2D eigenvalue weighted by molar-refractivity contribution is -0.133. The van der Waals surface area contributed by atoms with Gasteiger partial charge in [-0.2, -0.15) is 20.2 Å². The highest BCUT2D eigenvalue weighted by atomic mass is 35.5. The zero-order valence-corrected chi connectivity index (χ0v) is 34.2. The van der Waals surface area contributed by atoms with Crippen molar-refractivity contribution in [2.45, 2.75) is 46.7 Å². The third-order valence-corrected chi connectivity index (χ3v) is 12.7. The number of likely N-dealkylation sites (tertiary alicyclic amines) is 2. The van der Waals surface area contributed by atoms with Gasteiger partial charge in [0.2, 0.25) is 23.7 Å². The standard InChI is InChI=1S/C20H25ClFN7O.C19H22ClN7O.CH4/c1-19-10-28(7-12(19)8-29(11-19)17(30)14-4-20(14,2)22)16-15(21)6-23-18(26-16)25-13-5-24-27(3)9-13;1-4-5-16(28)26-8-13-9-27(12-19(13,2)11-26)17-15(20)7-21-18(24-17)23-14-6-22-25(3)10-14;/h5-6,9,12,14H,4,7-8,10-11H2,1-3H3,(H,23,25,26);1,6-7,10,13H,5,8-9,11-12H2,2-3H3,(H,21,23,24);1H4/t12-,14+,19+,20?;13-,19+;/m10./s1/i;3D3;. The van der Waals surface area contributed by atoms with Crippen LogP contribution in [-0.2, 0) is 23.6 Å². The molecule has 1 saturated carbocycles. The van der Waals surface area contributed by atoms with Crippen molar-refractivity contribution in [1.29, 1.82) is 0 Å². The SMILES string of the molecule is C.Cn1cc(Nc2ncc(Cl)c(N3C[C@@H]4CN(C(=O)[C@@H]5CC5(C)F)C[C@]4(C)C3)n2)cn1.[2H]C([2H])([2H])n1cc(Nc2ncc(Cl)c(N3C[C@@H]4CN(C(=O)CC#C)C[C@]4(C)C3)n2)cn1. The van der Waals surface area contributed by atoms with E-state index in [-0.39, 0.29) is 48.4 Å². The molecule has 59 heavy (non-hydrogen) atoms. The average molecular weight is 853 g/mol. The van der Waals surface area contributed by atoms with Gasteiger partial charge in [0.25, 0.3) is 0 Å². The summed E-state index contributed by atoms with van der Waals surface area (Å²) in [6, 6.07) is 0. The van der Waals surface area contributed by atoms with Crippen molar-refractivity contribution in [3.05, 3.63) is 47.2 Å². The number of aryl methyl sites for hydroxylation is 2. The Bertz CT molecular complexity index is 2390. The molecule has 16 nitrogen and oxygen atoms in total. The molecule has 5 aliphatic rings. The Morgan fingerprint density at radius 1 is 0.847 bits per heavy atom. The highest BCUT2D eigenvalue weighted by molar-refractivity contribution is 6.33. The molecule has 0 aromatic carbocycles. The maximum absolute atomic E-state index is 14.0. The molecule has 0 bridgehead atoms. The summed E-state index contributed by atoms with van der Waals surface area (Å²) < 4.78 is 38.8. The number of rotatable bonds is 8. The Morgan fingerprint density at radius 3 is 1.78 bits per heavy atom. The van der Waals surface area contributed by atoms with Crippen molar-refractivity contribution in [2.24, 2.45) is 42.6 Å². The van der Waals surface area contributed by atoms with E-state index < -0.39 is 18.6 Å². The maximum atomic E-state index is 14.0. The molecule has 0 radical (unpaired) electrons. The van der Waals surface area contributed by atoms with E-state index in [2.05, 4.69) is 70.3 Å². The summed E-state index contributed by atoms with van der Waals surface area (Å²) in [4.78, 5) is 50.4. The number of aromatic nitrogens is 8. The van der Waals surface area contributed by atoms with Crippen LogP contribution in [0.5, 0.6) is 0 Å². The van der Waals surface area contributed by atoms with Crippen LogP contribution in [-0.4, -0.2) is 119 Å². The molecule has 4 aliphatic heterocycles. The number of nitrogens with zero attached hydrogens (tertiary/aromatic N) is 12. The molecule has 9 rings (SSSR count). The van der Waals surface area contributed by atoms with Gasteiger partial charge in [-0.15, -0.1) is 6.42 Å². The molecule has 6 atom stereocenters.